The number of hydrogen-bond acceptors (Lipinski definition) is 6. The molecule has 0 spiro atoms. The van der Waals surface area contributed by atoms with Crippen LogP contribution in [0.15, 0.2) is 36.7 Å². The lowest BCUT2D eigenvalue weighted by molar-refractivity contribution is 0.198. The summed E-state index contributed by atoms with van der Waals surface area (Å²) >= 11 is 0. The summed E-state index contributed by atoms with van der Waals surface area (Å²) in [5.74, 6) is 1.70. The third-order valence-corrected chi connectivity index (χ3v) is 4.65. The SMILES string of the molecule is Cc1nc2ccc(N3CCN(C(C)c4cccnc4)CC3)nn2n1. The first-order chi connectivity index (χ1) is 11.7. The van der Waals surface area contributed by atoms with E-state index in [1.165, 1.54) is 5.56 Å². The average molecular weight is 323 g/mol. The summed E-state index contributed by atoms with van der Waals surface area (Å²) < 4.78 is 1.62. The van der Waals surface area contributed by atoms with Crippen LogP contribution >= 0.6 is 0 Å². The second-order valence-corrected chi connectivity index (χ2v) is 6.18. The highest BCUT2D eigenvalue weighted by atomic mass is 15.5. The normalized spacial score (nSPS) is 17.3. The zero-order valence-electron chi connectivity index (χ0n) is 14.0. The minimum atomic E-state index is 0.384. The van der Waals surface area contributed by atoms with Crippen LogP contribution < -0.4 is 4.90 Å². The molecule has 0 N–H and O–H groups in total. The number of aromatic nitrogens is 5. The quantitative estimate of drug-likeness (QED) is 0.731. The third kappa shape index (κ3) is 2.82. The maximum atomic E-state index is 4.59. The number of pyridine rings is 1. The van der Waals surface area contributed by atoms with Crippen molar-refractivity contribution in [2.75, 3.05) is 31.1 Å². The molecule has 0 aliphatic carbocycles. The zero-order chi connectivity index (χ0) is 16.5. The molecule has 4 rings (SSSR count). The van der Waals surface area contributed by atoms with Crippen LogP contribution in [-0.4, -0.2) is 55.9 Å². The molecule has 0 saturated carbocycles. The minimum absolute atomic E-state index is 0.384. The first-order valence-electron chi connectivity index (χ1n) is 8.30. The highest BCUT2D eigenvalue weighted by Crippen LogP contribution is 2.22. The summed E-state index contributed by atoms with van der Waals surface area (Å²) in [6, 6.07) is 8.54. The van der Waals surface area contributed by atoms with Crippen molar-refractivity contribution in [2.45, 2.75) is 19.9 Å². The summed E-state index contributed by atoms with van der Waals surface area (Å²) in [5, 5.41) is 8.89. The summed E-state index contributed by atoms with van der Waals surface area (Å²) in [5.41, 5.74) is 2.06. The van der Waals surface area contributed by atoms with Crippen molar-refractivity contribution >= 4 is 11.5 Å². The van der Waals surface area contributed by atoms with Crippen LogP contribution in [0.1, 0.15) is 24.4 Å². The van der Waals surface area contributed by atoms with Crippen molar-refractivity contribution in [3.8, 4) is 0 Å². The Kier molecular flexibility index (Phi) is 3.86. The first kappa shape index (κ1) is 15.0. The first-order valence-corrected chi connectivity index (χ1v) is 8.30. The number of aryl methyl sites for hydroxylation is 1. The Labute approximate surface area is 140 Å². The number of fused-ring (bicyclic) bond motifs is 1. The number of anilines is 1. The third-order valence-electron chi connectivity index (χ3n) is 4.65. The molecular formula is C17H21N7. The van der Waals surface area contributed by atoms with Gasteiger partial charge in [-0.25, -0.2) is 4.98 Å². The van der Waals surface area contributed by atoms with Crippen LogP contribution in [0.3, 0.4) is 0 Å². The minimum Gasteiger partial charge on any atom is -0.353 e. The Morgan fingerprint density at radius 2 is 1.88 bits per heavy atom. The maximum Gasteiger partial charge on any atom is 0.176 e. The second kappa shape index (κ2) is 6.16. The summed E-state index contributed by atoms with van der Waals surface area (Å²) in [7, 11) is 0. The van der Waals surface area contributed by atoms with Gasteiger partial charge in [-0.15, -0.1) is 14.8 Å². The van der Waals surface area contributed by atoms with E-state index in [4.69, 9.17) is 0 Å². The number of nitrogens with zero attached hydrogens (tertiary/aromatic N) is 7. The molecule has 0 amide bonds. The van der Waals surface area contributed by atoms with Crippen molar-refractivity contribution in [3.63, 3.8) is 0 Å². The van der Waals surface area contributed by atoms with Crippen LogP contribution in [0.4, 0.5) is 5.82 Å². The Morgan fingerprint density at radius 3 is 2.62 bits per heavy atom. The van der Waals surface area contributed by atoms with Crippen molar-refractivity contribution in [1.82, 2.24) is 29.7 Å². The smallest absolute Gasteiger partial charge is 0.176 e. The molecule has 124 valence electrons. The van der Waals surface area contributed by atoms with Gasteiger partial charge >= 0.3 is 0 Å². The Bertz CT molecular complexity index is 821. The van der Waals surface area contributed by atoms with Gasteiger partial charge in [0, 0.05) is 44.6 Å². The van der Waals surface area contributed by atoms with E-state index < -0.39 is 0 Å². The molecule has 1 atom stereocenters. The summed E-state index contributed by atoms with van der Waals surface area (Å²) in [6.45, 7) is 8.05. The standard InChI is InChI=1S/C17H21N7/c1-13(15-4-3-7-18-12-15)22-8-10-23(11-9-22)17-6-5-16-19-14(2)20-24(16)21-17/h3-7,12-13H,8-11H2,1-2H3. The van der Waals surface area contributed by atoms with Gasteiger partial charge in [-0.3, -0.25) is 9.88 Å². The van der Waals surface area contributed by atoms with Gasteiger partial charge in [0.2, 0.25) is 0 Å². The van der Waals surface area contributed by atoms with Crippen molar-refractivity contribution in [3.05, 3.63) is 48.0 Å². The van der Waals surface area contributed by atoms with Gasteiger partial charge in [0.05, 0.1) is 0 Å². The molecule has 4 heterocycles. The van der Waals surface area contributed by atoms with Gasteiger partial charge in [-0.05, 0) is 37.6 Å². The fourth-order valence-corrected chi connectivity index (χ4v) is 3.22. The van der Waals surface area contributed by atoms with E-state index >= 15 is 0 Å². The van der Waals surface area contributed by atoms with E-state index in [1.807, 2.05) is 37.5 Å². The van der Waals surface area contributed by atoms with Gasteiger partial charge < -0.3 is 4.90 Å². The molecule has 24 heavy (non-hydrogen) atoms. The van der Waals surface area contributed by atoms with Crippen LogP contribution in [0, 0.1) is 6.92 Å². The predicted octanol–water partition coefficient (Wildman–Crippen LogP) is 1.71. The van der Waals surface area contributed by atoms with Gasteiger partial charge in [-0.1, -0.05) is 6.07 Å². The van der Waals surface area contributed by atoms with Crippen LogP contribution in [0.25, 0.3) is 5.65 Å². The summed E-state index contributed by atoms with van der Waals surface area (Å²) in [6.07, 6.45) is 3.78. The second-order valence-electron chi connectivity index (χ2n) is 6.18. The highest BCUT2D eigenvalue weighted by molar-refractivity contribution is 5.45. The molecule has 1 saturated heterocycles. The van der Waals surface area contributed by atoms with E-state index in [0.29, 0.717) is 6.04 Å². The van der Waals surface area contributed by atoms with E-state index in [-0.39, 0.29) is 0 Å². The lowest BCUT2D eigenvalue weighted by Crippen LogP contribution is -2.47. The van der Waals surface area contributed by atoms with E-state index in [0.717, 1.165) is 43.5 Å². The zero-order valence-corrected chi connectivity index (χ0v) is 14.0. The van der Waals surface area contributed by atoms with Gasteiger partial charge in [0.15, 0.2) is 11.5 Å². The predicted molar refractivity (Wildman–Crippen MR) is 92.0 cm³/mol. The maximum absolute atomic E-state index is 4.59. The molecule has 0 bridgehead atoms. The molecule has 0 aromatic carbocycles. The monoisotopic (exact) mass is 323 g/mol. The number of hydrogen-bond donors (Lipinski definition) is 0. The van der Waals surface area contributed by atoms with E-state index in [1.54, 1.807) is 4.63 Å². The van der Waals surface area contributed by atoms with Crippen LogP contribution in [-0.2, 0) is 0 Å². The molecule has 7 heteroatoms. The number of piperazine rings is 1. The van der Waals surface area contributed by atoms with Crippen LogP contribution in [0.5, 0.6) is 0 Å². The van der Waals surface area contributed by atoms with Gasteiger partial charge in [0.25, 0.3) is 0 Å². The molecule has 1 aliphatic rings. The van der Waals surface area contributed by atoms with Crippen molar-refractivity contribution in [2.24, 2.45) is 0 Å². The van der Waals surface area contributed by atoms with Crippen LogP contribution in [0.2, 0.25) is 0 Å². The molecule has 0 radical (unpaired) electrons. The van der Waals surface area contributed by atoms with E-state index in [2.05, 4.69) is 43.0 Å². The number of rotatable bonds is 3. The fraction of sp³-hybridized carbons (Fsp3) is 0.412. The Hall–Kier alpha value is -2.54. The largest absolute Gasteiger partial charge is 0.353 e. The van der Waals surface area contributed by atoms with Crippen molar-refractivity contribution < 1.29 is 0 Å². The highest BCUT2D eigenvalue weighted by Gasteiger charge is 2.23. The fourth-order valence-electron chi connectivity index (χ4n) is 3.22. The molecular weight excluding hydrogens is 302 g/mol. The lowest BCUT2D eigenvalue weighted by atomic mass is 10.1. The van der Waals surface area contributed by atoms with Crippen molar-refractivity contribution in [1.29, 1.82) is 0 Å². The van der Waals surface area contributed by atoms with Gasteiger partial charge in [0.1, 0.15) is 5.82 Å². The lowest BCUT2D eigenvalue weighted by Gasteiger charge is -2.38. The Balaban J connectivity index is 1.45. The molecule has 1 aliphatic heterocycles. The molecule has 1 fully saturated rings. The molecule has 3 aromatic rings. The topological polar surface area (TPSA) is 62.5 Å². The molecule has 3 aromatic heterocycles. The molecule has 7 nitrogen and oxygen atoms in total. The average Bonchev–Trinajstić information content (AvgIpc) is 3.01. The summed E-state index contributed by atoms with van der Waals surface area (Å²) in [4.78, 5) is 13.4. The molecule has 1 unspecified atom stereocenters. The van der Waals surface area contributed by atoms with Gasteiger partial charge in [-0.2, -0.15) is 0 Å². The Morgan fingerprint density at radius 1 is 1.04 bits per heavy atom. The van der Waals surface area contributed by atoms with E-state index in [9.17, 15) is 0 Å².